The number of aryl methyl sites for hydroxylation is 3. The summed E-state index contributed by atoms with van der Waals surface area (Å²) in [4.78, 5) is 43.4. The van der Waals surface area contributed by atoms with Gasteiger partial charge in [0.15, 0.2) is 0 Å². The van der Waals surface area contributed by atoms with Gasteiger partial charge in [0, 0.05) is 23.2 Å². The van der Waals surface area contributed by atoms with Crippen molar-refractivity contribution in [1.29, 1.82) is 0 Å². The van der Waals surface area contributed by atoms with Crippen LogP contribution in [0.3, 0.4) is 0 Å². The molecule has 0 saturated heterocycles. The molecule has 8 heteroatoms. The number of thiophene rings is 1. The molecule has 7 nitrogen and oxygen atoms in total. The second-order valence-corrected chi connectivity index (χ2v) is 8.33. The molecule has 2 heterocycles. The highest BCUT2D eigenvalue weighted by molar-refractivity contribution is 7.18. The summed E-state index contributed by atoms with van der Waals surface area (Å²) in [6.45, 7) is 3.10. The predicted molar refractivity (Wildman–Crippen MR) is 115 cm³/mol. The Morgan fingerprint density at radius 1 is 1.10 bits per heavy atom. The van der Waals surface area contributed by atoms with Crippen molar-refractivity contribution in [3.63, 3.8) is 0 Å². The number of hydrogen-bond acceptors (Lipinski definition) is 5. The van der Waals surface area contributed by atoms with E-state index in [9.17, 15) is 14.4 Å². The van der Waals surface area contributed by atoms with E-state index in [1.165, 1.54) is 16.4 Å². The number of carbonyl (C=O) groups is 2. The van der Waals surface area contributed by atoms with Gasteiger partial charge in [0.05, 0.1) is 5.39 Å². The quantitative estimate of drug-likeness (QED) is 0.691. The summed E-state index contributed by atoms with van der Waals surface area (Å²) >= 11 is 1.61. The minimum absolute atomic E-state index is 0.0916. The number of amides is 2. The second kappa shape index (κ2) is 7.79. The molecule has 0 saturated carbocycles. The van der Waals surface area contributed by atoms with E-state index in [1.807, 2.05) is 0 Å². The topological polar surface area (TPSA) is 93.1 Å². The largest absolute Gasteiger partial charge is 0.326 e. The van der Waals surface area contributed by atoms with Crippen LogP contribution in [0.15, 0.2) is 29.1 Å². The Bertz CT molecular complexity index is 1160. The number of aromatic nitrogens is 2. The first-order valence-corrected chi connectivity index (χ1v) is 10.4. The third kappa shape index (κ3) is 3.93. The van der Waals surface area contributed by atoms with Crippen molar-refractivity contribution in [1.82, 2.24) is 9.55 Å². The zero-order valence-corrected chi connectivity index (χ0v) is 17.2. The lowest BCUT2D eigenvalue weighted by molar-refractivity contribution is -0.117. The van der Waals surface area contributed by atoms with Crippen LogP contribution in [-0.4, -0.2) is 21.4 Å². The number of carbonyl (C=O) groups excluding carboxylic acids is 2. The van der Waals surface area contributed by atoms with Crippen LogP contribution in [0.2, 0.25) is 0 Å². The number of anilines is 2. The molecule has 0 unspecified atom stereocenters. The summed E-state index contributed by atoms with van der Waals surface area (Å²) in [5, 5.41) is 6.15. The van der Waals surface area contributed by atoms with Gasteiger partial charge in [-0.1, -0.05) is 0 Å². The fourth-order valence-electron chi connectivity index (χ4n) is 3.71. The lowest BCUT2D eigenvalue weighted by Crippen LogP contribution is -2.30. The van der Waals surface area contributed by atoms with Crippen molar-refractivity contribution >= 4 is 44.7 Å². The average Bonchev–Trinajstić information content (AvgIpc) is 3.04. The molecular formula is C21H22N4O3S. The molecule has 2 N–H and O–H groups in total. The van der Waals surface area contributed by atoms with E-state index in [2.05, 4.69) is 15.6 Å². The van der Waals surface area contributed by atoms with Crippen LogP contribution in [0.25, 0.3) is 10.2 Å². The van der Waals surface area contributed by atoms with Gasteiger partial charge in [-0.25, -0.2) is 4.98 Å². The Balaban J connectivity index is 1.56. The number of hydrogen-bond donors (Lipinski definition) is 2. The number of nitrogens with zero attached hydrogens (tertiary/aromatic N) is 2. The van der Waals surface area contributed by atoms with Crippen molar-refractivity contribution < 1.29 is 9.59 Å². The van der Waals surface area contributed by atoms with Gasteiger partial charge in [-0.15, -0.1) is 11.3 Å². The highest BCUT2D eigenvalue weighted by Gasteiger charge is 2.21. The molecule has 0 aliphatic heterocycles. The van der Waals surface area contributed by atoms with Gasteiger partial charge in [0.25, 0.3) is 5.56 Å². The lowest BCUT2D eigenvalue weighted by atomic mass is 9.97. The van der Waals surface area contributed by atoms with Crippen molar-refractivity contribution in [2.75, 3.05) is 10.6 Å². The molecular weight excluding hydrogens is 388 g/mol. The van der Waals surface area contributed by atoms with Crippen LogP contribution in [0.1, 0.15) is 36.0 Å². The number of benzene rings is 1. The molecule has 150 valence electrons. The van der Waals surface area contributed by atoms with E-state index in [0.29, 0.717) is 22.6 Å². The molecule has 3 aromatic rings. The number of fused-ring (bicyclic) bond motifs is 3. The summed E-state index contributed by atoms with van der Waals surface area (Å²) in [5.74, 6) is 0.0834. The van der Waals surface area contributed by atoms with Gasteiger partial charge in [-0.05, 0) is 62.4 Å². The van der Waals surface area contributed by atoms with Crippen molar-refractivity contribution in [3.8, 4) is 0 Å². The van der Waals surface area contributed by atoms with Crippen LogP contribution in [-0.2, 0) is 29.0 Å². The molecule has 0 bridgehead atoms. The molecule has 1 aliphatic carbocycles. The number of rotatable bonds is 4. The number of nitrogens with one attached hydrogen (secondary N) is 2. The Kier molecular flexibility index (Phi) is 5.19. The van der Waals surface area contributed by atoms with E-state index in [0.717, 1.165) is 36.1 Å². The normalized spacial score (nSPS) is 13.2. The summed E-state index contributed by atoms with van der Waals surface area (Å²) in [7, 11) is 0. The van der Waals surface area contributed by atoms with Crippen LogP contribution < -0.4 is 16.2 Å². The van der Waals surface area contributed by atoms with Gasteiger partial charge in [0.2, 0.25) is 11.8 Å². The Hall–Kier alpha value is -3.00. The summed E-state index contributed by atoms with van der Waals surface area (Å²) in [6.07, 6.45) is 4.14. The van der Waals surface area contributed by atoms with Gasteiger partial charge in [0.1, 0.15) is 17.2 Å². The molecule has 2 amide bonds. The van der Waals surface area contributed by atoms with Crippen molar-refractivity contribution in [2.45, 2.75) is 46.1 Å². The predicted octanol–water partition coefficient (Wildman–Crippen LogP) is 3.24. The zero-order chi connectivity index (χ0) is 20.5. The molecule has 2 aromatic heterocycles. The summed E-state index contributed by atoms with van der Waals surface area (Å²) < 4.78 is 1.45. The first-order chi connectivity index (χ1) is 13.9. The van der Waals surface area contributed by atoms with Gasteiger partial charge < -0.3 is 10.6 Å². The van der Waals surface area contributed by atoms with Crippen LogP contribution in [0, 0.1) is 6.92 Å². The minimum atomic E-state index is -0.298. The summed E-state index contributed by atoms with van der Waals surface area (Å²) in [5.41, 5.74) is 2.23. The smallest absolute Gasteiger partial charge is 0.263 e. The molecule has 29 heavy (non-hydrogen) atoms. The van der Waals surface area contributed by atoms with E-state index in [4.69, 9.17) is 0 Å². The third-order valence-corrected chi connectivity index (χ3v) is 6.24. The van der Waals surface area contributed by atoms with Crippen molar-refractivity contribution in [2.24, 2.45) is 0 Å². The van der Waals surface area contributed by atoms with Gasteiger partial charge >= 0.3 is 0 Å². The maximum atomic E-state index is 13.1. The maximum Gasteiger partial charge on any atom is 0.263 e. The SMILES string of the molecule is CC(=O)Nc1ccc(NC(=O)Cn2c(C)nc3sc4c(c3c2=O)CCCC4)cc1. The fraction of sp³-hybridized carbons (Fsp3) is 0.333. The lowest BCUT2D eigenvalue weighted by Gasteiger charge is -2.12. The first-order valence-electron chi connectivity index (χ1n) is 9.61. The second-order valence-electron chi connectivity index (χ2n) is 7.25. The molecule has 0 fully saturated rings. The van der Waals surface area contributed by atoms with Crippen LogP contribution >= 0.6 is 11.3 Å². The van der Waals surface area contributed by atoms with Crippen LogP contribution in [0.4, 0.5) is 11.4 Å². The van der Waals surface area contributed by atoms with Gasteiger partial charge in [-0.3, -0.25) is 19.0 Å². The molecule has 1 aliphatic rings. The van der Waals surface area contributed by atoms with E-state index >= 15 is 0 Å². The van der Waals surface area contributed by atoms with E-state index < -0.39 is 0 Å². The Morgan fingerprint density at radius 2 is 1.76 bits per heavy atom. The molecule has 0 spiro atoms. The third-order valence-electron chi connectivity index (χ3n) is 5.06. The maximum absolute atomic E-state index is 13.1. The van der Waals surface area contributed by atoms with Crippen molar-refractivity contribution in [3.05, 3.63) is 50.9 Å². The van der Waals surface area contributed by atoms with Gasteiger partial charge in [-0.2, -0.15) is 0 Å². The molecule has 0 radical (unpaired) electrons. The highest BCUT2D eigenvalue weighted by atomic mass is 32.1. The molecule has 1 aromatic carbocycles. The minimum Gasteiger partial charge on any atom is -0.326 e. The van der Waals surface area contributed by atoms with E-state index in [-0.39, 0.29) is 23.9 Å². The average molecular weight is 410 g/mol. The Labute approximate surface area is 171 Å². The monoisotopic (exact) mass is 410 g/mol. The zero-order valence-electron chi connectivity index (χ0n) is 16.4. The van der Waals surface area contributed by atoms with Crippen LogP contribution in [0.5, 0.6) is 0 Å². The summed E-state index contributed by atoms with van der Waals surface area (Å²) in [6, 6.07) is 6.82. The Morgan fingerprint density at radius 3 is 2.45 bits per heavy atom. The van der Waals surface area contributed by atoms with E-state index in [1.54, 1.807) is 42.5 Å². The fourth-order valence-corrected chi connectivity index (χ4v) is 5.01. The molecule has 0 atom stereocenters. The molecule has 4 rings (SSSR count). The highest BCUT2D eigenvalue weighted by Crippen LogP contribution is 2.33. The standard InChI is InChI=1S/C21H22N4O3S/c1-12-22-20-19(16-5-3-4-6-17(16)29-20)21(28)25(12)11-18(27)24-15-9-7-14(8-10-15)23-13(2)26/h7-10H,3-6,11H2,1-2H3,(H,23,26)(H,24,27). The first kappa shape index (κ1) is 19.3.